The summed E-state index contributed by atoms with van der Waals surface area (Å²) in [6.45, 7) is 3.09. The average molecular weight is 960 g/mol. The van der Waals surface area contributed by atoms with Crippen LogP contribution in [0.1, 0.15) is 174 Å². The third-order valence-corrected chi connectivity index (χ3v) is 14.8. The fourth-order valence-corrected chi connectivity index (χ4v) is 10.4. The maximum atomic E-state index is 12.9. The van der Waals surface area contributed by atoms with Crippen molar-refractivity contribution in [2.75, 3.05) is 66.8 Å². The first-order chi connectivity index (χ1) is 31.1. The molecular weight excluding hydrogens is 868 g/mol. The summed E-state index contributed by atoms with van der Waals surface area (Å²) < 4.78 is 11.0. The van der Waals surface area contributed by atoms with E-state index in [0.29, 0.717) is 42.1 Å². The van der Waals surface area contributed by atoms with Crippen molar-refractivity contribution in [2.45, 2.75) is 203 Å². The Morgan fingerprint density at radius 3 is 2.06 bits per heavy atom. The largest absolute Gasteiger partial charge is 0.606 e. The molecule has 2 aliphatic rings. The molecule has 0 bridgehead atoms. The number of nitrogens with one attached hydrogen (secondary N) is 4. The van der Waals surface area contributed by atoms with Gasteiger partial charge in [-0.2, -0.15) is 25.7 Å². The van der Waals surface area contributed by atoms with Crippen LogP contribution in [0.15, 0.2) is 12.2 Å². The first-order valence-corrected chi connectivity index (χ1v) is 27.9. The highest BCUT2D eigenvalue weighted by molar-refractivity contribution is 8.00. The van der Waals surface area contributed by atoms with E-state index in [1.807, 2.05) is 39.0 Å². The highest BCUT2D eigenvalue weighted by Gasteiger charge is 2.42. The standard InChI is InChI=1S/C48H91N6O9PS/c1-6-7-8-9-10-11-12-13-14-16-19-22-25-30-42(55)40(38-63-64(60,61)62-36-35-54(3,4)5)50-44(56)32-26-23-20-17-15-18-21-24-29-34-49-45(57)37-53(2)46(58)33-28-27-31-43-47-41(39-65-43)51-48(59)52-47/h25,30,40-43,47,55H,6-24,26-29,31-39H2,1-5H3,(H4-,49,50,51,52,56,57,59,60,61)/p+1/b30-25+/t40?,41?,42?,43-,47?/m0/s1. The zero-order chi connectivity index (χ0) is 47.8. The number of fused-ring (bicyclic) bond motifs is 1. The van der Waals surface area contributed by atoms with Gasteiger partial charge in [-0.15, -0.1) is 0 Å². The number of phosphoric ester groups is 1. The molecule has 0 aliphatic carbocycles. The van der Waals surface area contributed by atoms with E-state index < -0.39 is 20.3 Å². The lowest BCUT2D eigenvalue weighted by molar-refractivity contribution is -0.870. The molecule has 5 amide bonds. The van der Waals surface area contributed by atoms with Crippen LogP contribution in [0.3, 0.4) is 0 Å². The molecule has 2 saturated heterocycles. The highest BCUT2D eigenvalue weighted by atomic mass is 32.2. The van der Waals surface area contributed by atoms with Gasteiger partial charge in [0, 0.05) is 37.4 Å². The maximum Gasteiger partial charge on any atom is 0.377 e. The van der Waals surface area contributed by atoms with Gasteiger partial charge in [-0.25, -0.2) is 4.79 Å². The Balaban J connectivity index is 1.54. The molecule has 2 aliphatic heterocycles. The van der Waals surface area contributed by atoms with E-state index in [0.717, 1.165) is 95.6 Å². The topological polar surface area (TPSA) is 202 Å². The lowest BCUT2D eigenvalue weighted by Crippen LogP contribution is -2.46. The molecule has 0 aromatic heterocycles. The minimum atomic E-state index is -4.38. The molecule has 378 valence electrons. The molecule has 65 heavy (non-hydrogen) atoms. The first-order valence-electron chi connectivity index (χ1n) is 25.4. The fraction of sp³-hybridized carbons (Fsp3) is 0.875. The van der Waals surface area contributed by atoms with Gasteiger partial charge in [0.2, 0.25) is 17.7 Å². The van der Waals surface area contributed by atoms with Crippen LogP contribution < -0.4 is 26.2 Å². The minimum Gasteiger partial charge on any atom is -0.606 e. The van der Waals surface area contributed by atoms with Crippen molar-refractivity contribution in [1.29, 1.82) is 0 Å². The molecule has 5 unspecified atom stereocenters. The van der Waals surface area contributed by atoms with Gasteiger partial charge in [0.1, 0.15) is 19.8 Å². The summed E-state index contributed by atoms with van der Waals surface area (Å²) in [5, 5.41) is 23.1. The summed E-state index contributed by atoms with van der Waals surface area (Å²) in [4.78, 5) is 73.9. The normalized spacial score (nSPS) is 19.1. The zero-order valence-corrected chi connectivity index (χ0v) is 42.9. The van der Waals surface area contributed by atoms with Gasteiger partial charge in [-0.1, -0.05) is 135 Å². The van der Waals surface area contributed by atoms with Gasteiger partial charge < -0.3 is 40.7 Å². The Bertz CT molecular complexity index is 1340. The van der Waals surface area contributed by atoms with E-state index in [1.165, 1.54) is 62.7 Å². The van der Waals surface area contributed by atoms with Crippen LogP contribution in [-0.2, 0) is 23.4 Å². The fourth-order valence-electron chi connectivity index (χ4n) is 8.13. The molecule has 0 aromatic rings. The summed E-state index contributed by atoms with van der Waals surface area (Å²) in [5.41, 5.74) is 0. The molecule has 6 atom stereocenters. The van der Waals surface area contributed by atoms with Crippen molar-refractivity contribution in [1.82, 2.24) is 26.2 Å². The molecule has 2 rings (SSSR count). The Morgan fingerprint density at radius 1 is 0.846 bits per heavy atom. The molecule has 6 N–H and O–H groups in total. The van der Waals surface area contributed by atoms with Crippen LogP contribution in [0.4, 0.5) is 4.79 Å². The summed E-state index contributed by atoms with van der Waals surface area (Å²) in [7, 11) is 3.15. The van der Waals surface area contributed by atoms with Crippen LogP contribution in [0.25, 0.3) is 0 Å². The zero-order valence-electron chi connectivity index (χ0n) is 41.2. The number of hydrogen-bond donors (Lipinski definition) is 6. The number of carbonyl (C=O) groups is 4. The molecule has 0 aromatic carbocycles. The van der Waals surface area contributed by atoms with Gasteiger partial charge in [0.15, 0.2) is 0 Å². The van der Waals surface area contributed by atoms with Gasteiger partial charge in [0.05, 0.1) is 51.9 Å². The van der Waals surface area contributed by atoms with Crippen LogP contribution in [-0.4, -0.2) is 139 Å². The molecule has 2 heterocycles. The van der Waals surface area contributed by atoms with E-state index >= 15 is 0 Å². The number of aliphatic hydroxyl groups is 1. The van der Waals surface area contributed by atoms with Crippen LogP contribution in [0, 0.1) is 0 Å². The van der Waals surface area contributed by atoms with Crippen molar-refractivity contribution in [3.63, 3.8) is 0 Å². The molecule has 2 fully saturated rings. The van der Waals surface area contributed by atoms with E-state index in [4.69, 9.17) is 9.05 Å². The monoisotopic (exact) mass is 960 g/mol. The first kappa shape index (κ1) is 59.1. The summed E-state index contributed by atoms with van der Waals surface area (Å²) in [5.74, 6) is 0.535. The maximum absolute atomic E-state index is 12.9. The number of hydrogen-bond acceptors (Lipinski definition) is 10. The third-order valence-electron chi connectivity index (χ3n) is 12.3. The second kappa shape index (κ2) is 35.1. The minimum absolute atomic E-state index is 0.0245. The number of thioether (sulfide) groups is 1. The second-order valence-electron chi connectivity index (χ2n) is 19.4. The second-order valence-corrected chi connectivity index (χ2v) is 22.2. The van der Waals surface area contributed by atoms with Crippen molar-refractivity contribution >= 4 is 43.7 Å². The summed E-state index contributed by atoms with van der Waals surface area (Å²) in [6, 6.07) is -0.583. The molecule has 15 nitrogen and oxygen atoms in total. The number of allylic oxidation sites excluding steroid dienone is 1. The van der Waals surface area contributed by atoms with Crippen LogP contribution in [0.2, 0.25) is 0 Å². The van der Waals surface area contributed by atoms with Crippen molar-refractivity contribution < 1.29 is 47.6 Å². The van der Waals surface area contributed by atoms with E-state index in [1.54, 1.807) is 13.1 Å². The van der Waals surface area contributed by atoms with Crippen LogP contribution >= 0.6 is 19.9 Å². The third kappa shape index (κ3) is 30.1. The number of rotatable bonds is 41. The van der Waals surface area contributed by atoms with Crippen molar-refractivity contribution in [2.24, 2.45) is 0 Å². The average Bonchev–Trinajstić information content (AvgIpc) is 3.81. The SMILES string of the molecule is CCCCCCCCCCCCC/C=C/C(O)C(CO[P+]([O-])(O)OCC[N+](C)(C)C)NC(=O)CCCCCCCCCCCNC(=O)CN(C)C(=O)CCCC[C@@H]1SCC2NC(=O)NC21. The number of aliphatic hydroxyl groups excluding tert-OH is 1. The van der Waals surface area contributed by atoms with E-state index in [2.05, 4.69) is 28.2 Å². The Morgan fingerprint density at radius 2 is 1.43 bits per heavy atom. The number of unbranched alkanes of at least 4 members (excludes halogenated alkanes) is 20. The number of nitrogens with zero attached hydrogens (tertiary/aromatic N) is 2. The number of urea groups is 1. The van der Waals surface area contributed by atoms with E-state index in [9.17, 15) is 34.1 Å². The number of quaternary nitrogens is 1. The molecule has 0 radical (unpaired) electrons. The summed E-state index contributed by atoms with van der Waals surface area (Å²) in [6.07, 6.45) is 29.5. The smallest absolute Gasteiger partial charge is 0.377 e. The lowest BCUT2D eigenvalue weighted by Gasteiger charge is -2.27. The quantitative estimate of drug-likeness (QED) is 0.0121. The number of carbonyl (C=O) groups excluding carboxylic acids is 4. The van der Waals surface area contributed by atoms with E-state index in [-0.39, 0.29) is 55.6 Å². The molecular formula is C48H92N6O9PS+. The predicted octanol–water partition coefficient (Wildman–Crippen LogP) is 7.06. The predicted molar refractivity (Wildman–Crippen MR) is 263 cm³/mol. The van der Waals surface area contributed by atoms with Gasteiger partial charge in [0.25, 0.3) is 0 Å². The van der Waals surface area contributed by atoms with Gasteiger partial charge in [-0.3, -0.25) is 14.4 Å². The Kier molecular flexibility index (Phi) is 31.9. The number of likely N-dealkylation sites (N-methyl/N-ethyl adjacent to an activating group) is 2. The van der Waals surface area contributed by atoms with Gasteiger partial charge >= 0.3 is 14.2 Å². The highest BCUT2D eigenvalue weighted by Crippen LogP contribution is 2.47. The number of phosphoric acid groups is 1. The lowest BCUT2D eigenvalue weighted by atomic mass is 10.0. The molecule has 0 spiro atoms. The van der Waals surface area contributed by atoms with Crippen molar-refractivity contribution in [3.05, 3.63) is 12.2 Å². The summed E-state index contributed by atoms with van der Waals surface area (Å²) >= 11 is 1.88. The van der Waals surface area contributed by atoms with Gasteiger partial charge in [-0.05, 0) is 38.5 Å². The Labute approximate surface area is 398 Å². The number of amides is 5. The Hall–Kier alpha value is -2.04. The molecule has 17 heteroatoms. The molecule has 0 saturated carbocycles. The van der Waals surface area contributed by atoms with Crippen LogP contribution in [0.5, 0.6) is 0 Å². The van der Waals surface area contributed by atoms with Crippen molar-refractivity contribution in [3.8, 4) is 0 Å².